The molecular weight excluding hydrogens is 326 g/mol. The third-order valence-electron chi connectivity index (χ3n) is 4.30. The smallest absolute Gasteiger partial charge is 0.354 e. The summed E-state index contributed by atoms with van der Waals surface area (Å²) in [5.74, 6) is -0.494. The Kier molecular flexibility index (Phi) is 4.40. The molecule has 0 unspecified atom stereocenters. The summed E-state index contributed by atoms with van der Waals surface area (Å²) in [4.78, 5) is 27.1. The van der Waals surface area contributed by atoms with Crippen LogP contribution in [0.4, 0.5) is 0 Å². The topological polar surface area (TPSA) is 75.3 Å². The molecule has 0 saturated carbocycles. The van der Waals surface area contributed by atoms with E-state index in [1.165, 1.54) is 6.07 Å². The lowest BCUT2D eigenvalue weighted by Crippen LogP contribution is -2.25. The zero-order valence-corrected chi connectivity index (χ0v) is 14.2. The highest BCUT2D eigenvalue weighted by Gasteiger charge is 2.39. The van der Waals surface area contributed by atoms with E-state index in [9.17, 15) is 9.59 Å². The van der Waals surface area contributed by atoms with Gasteiger partial charge in [-0.3, -0.25) is 4.79 Å². The fourth-order valence-electron chi connectivity index (χ4n) is 3.07. The minimum absolute atomic E-state index is 0.0556. The van der Waals surface area contributed by atoms with Crippen LogP contribution in [-0.2, 0) is 16.6 Å². The molecule has 1 aliphatic heterocycles. The Bertz CT molecular complexity index is 804. The molecule has 0 aromatic carbocycles. The molecular formula is C17H17N3O3S. The zero-order chi connectivity index (χ0) is 17.3. The van der Waals surface area contributed by atoms with Crippen LogP contribution in [0.2, 0.25) is 0 Å². The molecule has 3 rings (SSSR count). The van der Waals surface area contributed by atoms with E-state index in [2.05, 4.69) is 0 Å². The lowest BCUT2D eigenvalue weighted by atomic mass is 10.00. The fraction of sp³-hybridized carbons (Fsp3) is 0.353. The van der Waals surface area contributed by atoms with Crippen LogP contribution < -0.4 is 0 Å². The maximum Gasteiger partial charge on any atom is 0.354 e. The van der Waals surface area contributed by atoms with E-state index >= 15 is 0 Å². The summed E-state index contributed by atoms with van der Waals surface area (Å²) in [6.07, 6.45) is 1.95. The number of nitrogens with zero attached hydrogens (tertiary/aromatic N) is 3. The van der Waals surface area contributed by atoms with Crippen molar-refractivity contribution in [1.82, 2.24) is 9.47 Å². The Balaban J connectivity index is 1.71. The molecule has 2 aromatic rings. The van der Waals surface area contributed by atoms with Crippen LogP contribution >= 0.6 is 11.3 Å². The summed E-state index contributed by atoms with van der Waals surface area (Å²) in [5, 5.41) is 10.9. The third kappa shape index (κ3) is 2.93. The lowest BCUT2D eigenvalue weighted by molar-refractivity contribution is -0.127. The van der Waals surface area contributed by atoms with E-state index in [0.717, 1.165) is 4.88 Å². The monoisotopic (exact) mass is 343 g/mol. The van der Waals surface area contributed by atoms with Gasteiger partial charge < -0.3 is 14.2 Å². The van der Waals surface area contributed by atoms with Gasteiger partial charge in [0, 0.05) is 37.5 Å². The number of ether oxygens (including phenoxy) is 1. The SMILES string of the molecule is CN1C(=O)C[C@H](COC(=O)c2cc(C#N)cn2C)[C@@H]1c1cccs1. The summed E-state index contributed by atoms with van der Waals surface area (Å²) in [6, 6.07) is 7.39. The van der Waals surface area contributed by atoms with Crippen molar-refractivity contribution in [2.75, 3.05) is 13.7 Å². The number of aromatic nitrogens is 1. The number of likely N-dealkylation sites (tertiary alicyclic amines) is 1. The van der Waals surface area contributed by atoms with Gasteiger partial charge in [0.1, 0.15) is 11.8 Å². The van der Waals surface area contributed by atoms with Crippen LogP contribution in [0.3, 0.4) is 0 Å². The van der Waals surface area contributed by atoms with Gasteiger partial charge in [-0.05, 0) is 17.5 Å². The molecule has 6 nitrogen and oxygen atoms in total. The molecule has 7 heteroatoms. The van der Waals surface area contributed by atoms with Crippen LogP contribution in [0.15, 0.2) is 29.8 Å². The molecule has 1 amide bonds. The van der Waals surface area contributed by atoms with E-state index in [1.54, 1.807) is 41.1 Å². The van der Waals surface area contributed by atoms with Gasteiger partial charge in [0.15, 0.2) is 0 Å². The molecule has 0 radical (unpaired) electrons. The summed E-state index contributed by atoms with van der Waals surface area (Å²) < 4.78 is 7.01. The molecule has 0 spiro atoms. The Morgan fingerprint density at radius 3 is 2.92 bits per heavy atom. The molecule has 1 saturated heterocycles. The van der Waals surface area contributed by atoms with E-state index in [1.807, 2.05) is 23.6 Å². The molecule has 3 heterocycles. The van der Waals surface area contributed by atoms with Crippen LogP contribution in [0, 0.1) is 17.2 Å². The number of rotatable bonds is 4. The van der Waals surface area contributed by atoms with Gasteiger partial charge in [0.25, 0.3) is 0 Å². The highest BCUT2D eigenvalue weighted by Crippen LogP contribution is 2.39. The first-order valence-corrected chi connectivity index (χ1v) is 8.42. The maximum absolute atomic E-state index is 12.3. The van der Waals surface area contributed by atoms with Crippen molar-refractivity contribution in [2.45, 2.75) is 12.5 Å². The number of carbonyl (C=O) groups is 2. The number of carbonyl (C=O) groups excluding carboxylic acids is 2. The van der Waals surface area contributed by atoms with E-state index < -0.39 is 5.97 Å². The van der Waals surface area contributed by atoms with Gasteiger partial charge in [-0.1, -0.05) is 6.07 Å². The first-order chi connectivity index (χ1) is 11.5. The molecule has 0 N–H and O–H groups in total. The Hall–Kier alpha value is -2.59. The summed E-state index contributed by atoms with van der Waals surface area (Å²) >= 11 is 1.59. The summed E-state index contributed by atoms with van der Waals surface area (Å²) in [7, 11) is 3.48. The minimum atomic E-state index is -0.481. The first-order valence-electron chi connectivity index (χ1n) is 7.54. The summed E-state index contributed by atoms with van der Waals surface area (Å²) in [6.45, 7) is 0.171. The molecule has 124 valence electrons. The van der Waals surface area contributed by atoms with Crippen molar-refractivity contribution >= 4 is 23.2 Å². The van der Waals surface area contributed by atoms with E-state index in [-0.39, 0.29) is 24.5 Å². The molecule has 2 aromatic heterocycles. The van der Waals surface area contributed by atoms with Crippen LogP contribution in [-0.4, -0.2) is 35.0 Å². The van der Waals surface area contributed by atoms with Gasteiger partial charge in [-0.2, -0.15) is 5.26 Å². The minimum Gasteiger partial charge on any atom is -0.461 e. The third-order valence-corrected chi connectivity index (χ3v) is 5.24. The quantitative estimate of drug-likeness (QED) is 0.799. The maximum atomic E-state index is 12.3. The van der Waals surface area contributed by atoms with Crippen LogP contribution in [0.25, 0.3) is 0 Å². The molecule has 1 aliphatic rings. The highest BCUT2D eigenvalue weighted by atomic mass is 32.1. The second-order valence-corrected chi connectivity index (χ2v) is 6.84. The summed E-state index contributed by atoms with van der Waals surface area (Å²) in [5.41, 5.74) is 0.744. The van der Waals surface area contributed by atoms with Gasteiger partial charge in [0.2, 0.25) is 5.91 Å². The van der Waals surface area contributed by atoms with E-state index in [0.29, 0.717) is 17.7 Å². The van der Waals surface area contributed by atoms with E-state index in [4.69, 9.17) is 10.00 Å². The van der Waals surface area contributed by atoms with Crippen LogP contribution in [0.5, 0.6) is 0 Å². The van der Waals surface area contributed by atoms with Crippen molar-refractivity contribution in [3.05, 3.63) is 45.9 Å². The standard InChI is InChI=1S/C17H17N3O3S/c1-19-9-11(8-18)6-13(19)17(22)23-10-12-7-15(21)20(2)16(12)14-4-3-5-24-14/h3-6,9,12,16H,7,10H2,1-2H3/t12-,16-/m1/s1. The Morgan fingerprint density at radius 2 is 2.29 bits per heavy atom. The number of hydrogen-bond acceptors (Lipinski definition) is 5. The average Bonchev–Trinajstić information content (AvgIpc) is 3.26. The molecule has 0 bridgehead atoms. The first kappa shape index (κ1) is 16.3. The fourth-order valence-corrected chi connectivity index (χ4v) is 4.03. The van der Waals surface area contributed by atoms with Crippen molar-refractivity contribution in [3.63, 3.8) is 0 Å². The molecule has 24 heavy (non-hydrogen) atoms. The number of aryl methyl sites for hydroxylation is 1. The van der Waals surface area contributed by atoms with Crippen molar-refractivity contribution in [2.24, 2.45) is 13.0 Å². The van der Waals surface area contributed by atoms with Crippen molar-refractivity contribution in [1.29, 1.82) is 5.26 Å². The zero-order valence-electron chi connectivity index (χ0n) is 13.4. The number of nitriles is 1. The number of amides is 1. The Labute approximate surface area is 143 Å². The molecule has 2 atom stereocenters. The van der Waals surface area contributed by atoms with Gasteiger partial charge in [0.05, 0.1) is 18.2 Å². The van der Waals surface area contributed by atoms with Crippen LogP contribution in [0.1, 0.15) is 33.4 Å². The highest BCUT2D eigenvalue weighted by molar-refractivity contribution is 7.10. The van der Waals surface area contributed by atoms with Gasteiger partial charge in [-0.15, -0.1) is 11.3 Å². The largest absolute Gasteiger partial charge is 0.461 e. The second kappa shape index (κ2) is 6.49. The van der Waals surface area contributed by atoms with Crippen molar-refractivity contribution in [3.8, 4) is 6.07 Å². The number of thiophene rings is 1. The average molecular weight is 343 g/mol. The second-order valence-electron chi connectivity index (χ2n) is 5.86. The number of esters is 1. The van der Waals surface area contributed by atoms with Gasteiger partial charge in [-0.25, -0.2) is 4.79 Å². The lowest BCUT2D eigenvalue weighted by Gasteiger charge is -2.23. The Morgan fingerprint density at radius 1 is 1.50 bits per heavy atom. The molecule has 1 fully saturated rings. The molecule has 0 aliphatic carbocycles. The number of hydrogen-bond donors (Lipinski definition) is 0. The normalized spacial score (nSPS) is 20.2. The van der Waals surface area contributed by atoms with Gasteiger partial charge >= 0.3 is 5.97 Å². The van der Waals surface area contributed by atoms with Crippen molar-refractivity contribution < 1.29 is 14.3 Å². The predicted molar refractivity (Wildman–Crippen MR) is 88.3 cm³/mol. The predicted octanol–water partition coefficient (Wildman–Crippen LogP) is 2.33.